The lowest BCUT2D eigenvalue weighted by molar-refractivity contribution is -0.142. The standard InChI is InChI=1S/C23H32N2O4/c1-28-19-8-7-9-20-18(19)14-17(16-29-20)24-12-5-6-13-25-21(26)15-23(22(25)27)10-3-2-4-11-23/h7-9,17,24H,2-6,10-16H2,1H3. The number of nitrogens with zero attached hydrogens (tertiary/aromatic N) is 1. The van der Waals surface area contributed by atoms with Crippen molar-refractivity contribution in [3.05, 3.63) is 23.8 Å². The van der Waals surface area contributed by atoms with Gasteiger partial charge in [-0.2, -0.15) is 0 Å². The topological polar surface area (TPSA) is 67.9 Å². The minimum atomic E-state index is -0.362. The number of methoxy groups -OCH3 is 1. The summed E-state index contributed by atoms with van der Waals surface area (Å²) in [6, 6.07) is 6.15. The Hall–Kier alpha value is -2.08. The van der Waals surface area contributed by atoms with Crippen molar-refractivity contribution in [2.75, 3.05) is 26.8 Å². The van der Waals surface area contributed by atoms with Crippen molar-refractivity contribution < 1.29 is 19.1 Å². The van der Waals surface area contributed by atoms with Crippen LogP contribution in [-0.2, 0) is 16.0 Å². The summed E-state index contributed by atoms with van der Waals surface area (Å²) in [7, 11) is 1.69. The van der Waals surface area contributed by atoms with E-state index >= 15 is 0 Å². The highest BCUT2D eigenvalue weighted by Crippen LogP contribution is 2.45. The molecule has 2 heterocycles. The predicted octanol–water partition coefficient (Wildman–Crippen LogP) is 3.08. The summed E-state index contributed by atoms with van der Waals surface area (Å²) in [6.45, 7) is 2.05. The fraction of sp³-hybridized carbons (Fsp3) is 0.652. The molecule has 1 saturated carbocycles. The summed E-state index contributed by atoms with van der Waals surface area (Å²) >= 11 is 0. The first-order valence-corrected chi connectivity index (χ1v) is 11.0. The molecule has 0 bridgehead atoms. The van der Waals surface area contributed by atoms with Crippen LogP contribution in [0.5, 0.6) is 11.5 Å². The number of fused-ring (bicyclic) bond motifs is 1. The normalized spacial score (nSPS) is 23.2. The van der Waals surface area contributed by atoms with Gasteiger partial charge in [-0.1, -0.05) is 25.3 Å². The second-order valence-corrected chi connectivity index (χ2v) is 8.68. The van der Waals surface area contributed by atoms with Gasteiger partial charge < -0.3 is 14.8 Å². The molecule has 6 nitrogen and oxygen atoms in total. The van der Waals surface area contributed by atoms with E-state index in [9.17, 15) is 9.59 Å². The Labute approximate surface area is 172 Å². The van der Waals surface area contributed by atoms with Gasteiger partial charge in [-0.15, -0.1) is 0 Å². The van der Waals surface area contributed by atoms with E-state index in [-0.39, 0.29) is 23.3 Å². The molecule has 1 aliphatic carbocycles. The fourth-order valence-electron chi connectivity index (χ4n) is 5.11. The smallest absolute Gasteiger partial charge is 0.235 e. The van der Waals surface area contributed by atoms with Crippen molar-refractivity contribution >= 4 is 11.8 Å². The molecule has 2 fully saturated rings. The predicted molar refractivity (Wildman–Crippen MR) is 110 cm³/mol. The number of carbonyl (C=O) groups excluding carboxylic acids is 2. The molecule has 0 radical (unpaired) electrons. The molecule has 2 amide bonds. The highest BCUT2D eigenvalue weighted by Gasteiger charge is 2.51. The number of hydrogen-bond acceptors (Lipinski definition) is 5. The van der Waals surface area contributed by atoms with E-state index in [1.54, 1.807) is 7.11 Å². The molecule has 1 spiro atoms. The Bertz CT molecular complexity index is 743. The molecule has 1 saturated heterocycles. The third kappa shape index (κ3) is 4.13. The van der Waals surface area contributed by atoms with Crippen molar-refractivity contribution in [1.29, 1.82) is 0 Å². The van der Waals surface area contributed by atoms with Crippen LogP contribution in [-0.4, -0.2) is 49.6 Å². The minimum Gasteiger partial charge on any atom is -0.496 e. The van der Waals surface area contributed by atoms with Gasteiger partial charge in [0, 0.05) is 24.6 Å². The van der Waals surface area contributed by atoms with Crippen LogP contribution in [0.1, 0.15) is 56.9 Å². The van der Waals surface area contributed by atoms with E-state index in [0.717, 1.165) is 68.6 Å². The van der Waals surface area contributed by atoms with Gasteiger partial charge in [-0.3, -0.25) is 14.5 Å². The van der Waals surface area contributed by atoms with Crippen LogP contribution in [0.15, 0.2) is 18.2 Å². The first-order valence-electron chi connectivity index (χ1n) is 11.0. The second-order valence-electron chi connectivity index (χ2n) is 8.68. The maximum Gasteiger partial charge on any atom is 0.235 e. The number of nitrogens with one attached hydrogen (secondary N) is 1. The maximum atomic E-state index is 12.8. The monoisotopic (exact) mass is 400 g/mol. The molecule has 3 aliphatic rings. The van der Waals surface area contributed by atoms with Crippen LogP contribution in [0.25, 0.3) is 0 Å². The fourth-order valence-corrected chi connectivity index (χ4v) is 5.11. The summed E-state index contributed by atoms with van der Waals surface area (Å²) in [4.78, 5) is 26.8. The highest BCUT2D eigenvalue weighted by atomic mass is 16.5. The van der Waals surface area contributed by atoms with E-state index in [2.05, 4.69) is 5.32 Å². The molecular formula is C23H32N2O4. The van der Waals surface area contributed by atoms with E-state index in [1.807, 2.05) is 18.2 Å². The molecule has 2 aliphatic heterocycles. The number of imide groups is 1. The molecule has 1 N–H and O–H groups in total. The van der Waals surface area contributed by atoms with Crippen LogP contribution in [0, 0.1) is 5.41 Å². The molecule has 1 unspecified atom stereocenters. The lowest BCUT2D eigenvalue weighted by Gasteiger charge is -2.30. The van der Waals surface area contributed by atoms with Crippen LogP contribution < -0.4 is 14.8 Å². The van der Waals surface area contributed by atoms with E-state index in [4.69, 9.17) is 9.47 Å². The van der Waals surface area contributed by atoms with Gasteiger partial charge in [0.15, 0.2) is 0 Å². The Morgan fingerprint density at radius 2 is 2.03 bits per heavy atom. The molecule has 0 aromatic heterocycles. The quantitative estimate of drug-likeness (QED) is 0.563. The van der Waals surface area contributed by atoms with E-state index in [1.165, 1.54) is 11.3 Å². The molecule has 1 aromatic carbocycles. The molecule has 1 atom stereocenters. The SMILES string of the molecule is COc1cccc2c1CC(NCCCCN1C(=O)CC3(CCCCC3)C1=O)CO2. The summed E-state index contributed by atoms with van der Waals surface area (Å²) in [5.41, 5.74) is 0.754. The zero-order valence-electron chi connectivity index (χ0n) is 17.4. The average molecular weight is 401 g/mol. The molecule has 158 valence electrons. The molecule has 1 aromatic rings. The summed E-state index contributed by atoms with van der Waals surface area (Å²) < 4.78 is 11.3. The van der Waals surface area contributed by atoms with E-state index in [0.29, 0.717) is 19.6 Å². The van der Waals surface area contributed by atoms with Gasteiger partial charge in [0.1, 0.15) is 18.1 Å². The Kier molecular flexibility index (Phi) is 6.09. The van der Waals surface area contributed by atoms with Crippen molar-refractivity contribution in [2.45, 2.75) is 63.8 Å². The Balaban J connectivity index is 1.21. The van der Waals surface area contributed by atoms with Gasteiger partial charge in [-0.05, 0) is 50.8 Å². The summed E-state index contributed by atoms with van der Waals surface area (Å²) in [5.74, 6) is 1.91. The first-order chi connectivity index (χ1) is 14.1. The van der Waals surface area contributed by atoms with Crippen LogP contribution in [0.3, 0.4) is 0 Å². The Morgan fingerprint density at radius 1 is 1.21 bits per heavy atom. The van der Waals surface area contributed by atoms with Gasteiger partial charge >= 0.3 is 0 Å². The maximum absolute atomic E-state index is 12.8. The third-order valence-corrected chi connectivity index (χ3v) is 6.74. The molecule has 29 heavy (non-hydrogen) atoms. The second kappa shape index (κ2) is 8.74. The molecule has 4 rings (SSSR count). The number of unbranched alkanes of at least 4 members (excludes halogenated alkanes) is 1. The zero-order valence-corrected chi connectivity index (χ0v) is 17.4. The van der Waals surface area contributed by atoms with Gasteiger partial charge in [0.05, 0.1) is 12.5 Å². The number of hydrogen-bond donors (Lipinski definition) is 1. The molecular weight excluding hydrogens is 368 g/mol. The number of likely N-dealkylation sites (tertiary alicyclic amines) is 1. The van der Waals surface area contributed by atoms with Crippen molar-refractivity contribution in [3.8, 4) is 11.5 Å². The van der Waals surface area contributed by atoms with Crippen LogP contribution in [0.2, 0.25) is 0 Å². The van der Waals surface area contributed by atoms with Gasteiger partial charge in [-0.25, -0.2) is 0 Å². The van der Waals surface area contributed by atoms with Crippen molar-refractivity contribution in [1.82, 2.24) is 10.2 Å². The lowest BCUT2D eigenvalue weighted by atomic mass is 9.73. The Morgan fingerprint density at radius 3 is 2.83 bits per heavy atom. The average Bonchev–Trinajstić information content (AvgIpc) is 2.97. The van der Waals surface area contributed by atoms with Crippen LogP contribution >= 0.6 is 0 Å². The largest absolute Gasteiger partial charge is 0.496 e. The van der Waals surface area contributed by atoms with E-state index < -0.39 is 0 Å². The lowest BCUT2D eigenvalue weighted by Crippen LogP contribution is -2.40. The highest BCUT2D eigenvalue weighted by molar-refractivity contribution is 6.05. The number of rotatable bonds is 7. The van der Waals surface area contributed by atoms with Gasteiger partial charge in [0.2, 0.25) is 11.8 Å². The number of amides is 2. The number of ether oxygens (including phenoxy) is 2. The zero-order chi connectivity index (χ0) is 20.3. The summed E-state index contributed by atoms with van der Waals surface area (Å²) in [6.07, 6.45) is 8.21. The first kappa shape index (κ1) is 20.2. The van der Waals surface area contributed by atoms with Crippen LogP contribution in [0.4, 0.5) is 0 Å². The third-order valence-electron chi connectivity index (χ3n) is 6.74. The number of carbonyl (C=O) groups is 2. The van der Waals surface area contributed by atoms with Crippen molar-refractivity contribution in [3.63, 3.8) is 0 Å². The number of benzene rings is 1. The van der Waals surface area contributed by atoms with Crippen molar-refractivity contribution in [2.24, 2.45) is 5.41 Å². The molecule has 6 heteroatoms. The minimum absolute atomic E-state index is 0.0363. The summed E-state index contributed by atoms with van der Waals surface area (Å²) in [5, 5.41) is 3.55. The van der Waals surface area contributed by atoms with Gasteiger partial charge in [0.25, 0.3) is 0 Å².